The zero-order chi connectivity index (χ0) is 16.4. The van der Waals surface area contributed by atoms with Crippen LogP contribution in [0.2, 0.25) is 0 Å². The molecule has 1 unspecified atom stereocenters. The van der Waals surface area contributed by atoms with Crippen LogP contribution in [0.25, 0.3) is 0 Å². The third kappa shape index (κ3) is 9.41. The molecule has 0 aromatic heterocycles. The molecule has 2 N–H and O–H groups in total. The number of aliphatic imine (C=N–C) groups is 1. The van der Waals surface area contributed by atoms with Crippen LogP contribution in [-0.2, 0) is 15.5 Å². The van der Waals surface area contributed by atoms with Crippen LogP contribution in [0, 0.1) is 5.92 Å². The molecular weight excluding hydrogens is 298 g/mol. The van der Waals surface area contributed by atoms with Gasteiger partial charge in [-0.25, -0.2) is 0 Å². The van der Waals surface area contributed by atoms with Gasteiger partial charge in [-0.2, -0.15) is 0 Å². The molecule has 1 aliphatic rings. The van der Waals surface area contributed by atoms with Crippen LogP contribution in [0.4, 0.5) is 0 Å². The summed E-state index contributed by atoms with van der Waals surface area (Å²) >= 11 is 0. The zero-order valence-electron chi connectivity index (χ0n) is 14.6. The Morgan fingerprint density at radius 3 is 2.64 bits per heavy atom. The van der Waals surface area contributed by atoms with Crippen LogP contribution in [-0.4, -0.2) is 53.5 Å². The van der Waals surface area contributed by atoms with Gasteiger partial charge in [0.05, 0.1) is 0 Å². The van der Waals surface area contributed by atoms with Gasteiger partial charge in [-0.1, -0.05) is 0 Å². The lowest BCUT2D eigenvalue weighted by Gasteiger charge is -2.18. The van der Waals surface area contributed by atoms with Crippen molar-refractivity contribution in [1.29, 1.82) is 0 Å². The Labute approximate surface area is 138 Å². The van der Waals surface area contributed by atoms with E-state index in [2.05, 4.69) is 15.6 Å². The Bertz CT molecular complexity index is 363. The highest BCUT2D eigenvalue weighted by Crippen LogP contribution is 2.28. The van der Waals surface area contributed by atoms with E-state index in [1.165, 1.54) is 12.8 Å². The van der Waals surface area contributed by atoms with Crippen molar-refractivity contribution in [1.82, 2.24) is 10.6 Å². The normalized spacial score (nSPS) is 17.4. The van der Waals surface area contributed by atoms with Gasteiger partial charge >= 0.3 is 0 Å². The summed E-state index contributed by atoms with van der Waals surface area (Å²) < 4.78 is 17.4. The molecule has 1 fully saturated rings. The molecule has 0 heterocycles. The number of rotatable bonds is 10. The minimum atomic E-state index is -0.832. The van der Waals surface area contributed by atoms with Gasteiger partial charge in [0.2, 0.25) is 0 Å². The van der Waals surface area contributed by atoms with E-state index in [-0.39, 0.29) is 4.75 Å². The quantitative estimate of drug-likeness (QED) is 0.365. The molecule has 6 heteroatoms. The largest absolute Gasteiger partial charge is 0.381 e. The van der Waals surface area contributed by atoms with Crippen LogP contribution in [0.5, 0.6) is 0 Å². The van der Waals surface area contributed by atoms with Gasteiger partial charge in [-0.15, -0.1) is 0 Å². The predicted octanol–water partition coefficient (Wildman–Crippen LogP) is 1.91. The highest BCUT2D eigenvalue weighted by Gasteiger charge is 2.20. The van der Waals surface area contributed by atoms with E-state index in [0.29, 0.717) is 12.3 Å². The fourth-order valence-corrected chi connectivity index (χ4v) is 2.70. The average molecular weight is 332 g/mol. The Morgan fingerprint density at radius 1 is 1.32 bits per heavy atom. The van der Waals surface area contributed by atoms with Crippen LogP contribution in [0.15, 0.2) is 4.99 Å². The molecule has 22 heavy (non-hydrogen) atoms. The number of ether oxygens (including phenoxy) is 1. The second-order valence-corrected chi connectivity index (χ2v) is 9.05. The first-order chi connectivity index (χ1) is 10.4. The van der Waals surface area contributed by atoms with E-state index >= 15 is 0 Å². The Hall–Kier alpha value is -0.620. The summed E-state index contributed by atoms with van der Waals surface area (Å²) in [6.07, 6.45) is 3.61. The summed E-state index contributed by atoms with van der Waals surface area (Å²) in [5.74, 6) is 2.26. The van der Waals surface area contributed by atoms with Gasteiger partial charge in [0, 0.05) is 54.1 Å². The minimum absolute atomic E-state index is 0.157. The van der Waals surface area contributed by atoms with E-state index in [9.17, 15) is 4.21 Å². The number of nitrogens with one attached hydrogen (secondary N) is 2. The molecule has 130 valence electrons. The molecule has 1 rings (SSSR count). The first-order valence-corrected chi connectivity index (χ1v) is 9.73. The number of hydrogen-bond acceptors (Lipinski definition) is 3. The summed E-state index contributed by atoms with van der Waals surface area (Å²) in [6, 6.07) is 0. The number of nitrogens with zero attached hydrogens (tertiary/aromatic N) is 1. The molecule has 0 aromatic carbocycles. The van der Waals surface area contributed by atoms with E-state index < -0.39 is 10.8 Å². The molecule has 1 aliphatic carbocycles. The predicted molar refractivity (Wildman–Crippen MR) is 94.9 cm³/mol. The first kappa shape index (κ1) is 19.4. The summed E-state index contributed by atoms with van der Waals surface area (Å²) in [6.45, 7) is 12.0. The van der Waals surface area contributed by atoms with Crippen molar-refractivity contribution >= 4 is 16.8 Å². The fourth-order valence-electron chi connectivity index (χ4n) is 1.80. The van der Waals surface area contributed by atoms with Gasteiger partial charge in [0.25, 0.3) is 0 Å². The lowest BCUT2D eigenvalue weighted by atomic mass is 10.3. The molecule has 0 aromatic rings. The van der Waals surface area contributed by atoms with E-state index in [4.69, 9.17) is 4.74 Å². The van der Waals surface area contributed by atoms with Gasteiger partial charge in [-0.3, -0.25) is 9.20 Å². The van der Waals surface area contributed by atoms with Gasteiger partial charge in [0.1, 0.15) is 0 Å². The van der Waals surface area contributed by atoms with Crippen molar-refractivity contribution in [3.63, 3.8) is 0 Å². The first-order valence-electron chi connectivity index (χ1n) is 8.42. The van der Waals surface area contributed by atoms with E-state index in [1.54, 1.807) is 0 Å². The van der Waals surface area contributed by atoms with Gasteiger partial charge in [0.15, 0.2) is 5.96 Å². The van der Waals surface area contributed by atoms with Crippen LogP contribution in [0.1, 0.15) is 47.0 Å². The van der Waals surface area contributed by atoms with E-state index in [1.807, 2.05) is 27.7 Å². The summed E-state index contributed by atoms with van der Waals surface area (Å²) in [5.41, 5.74) is 0. The summed E-state index contributed by atoms with van der Waals surface area (Å²) in [7, 11) is -0.832. The maximum absolute atomic E-state index is 12.0. The number of hydrogen-bond donors (Lipinski definition) is 2. The maximum atomic E-state index is 12.0. The van der Waals surface area contributed by atoms with Gasteiger partial charge in [-0.05, 0) is 52.9 Å². The van der Waals surface area contributed by atoms with Gasteiger partial charge < -0.3 is 15.4 Å². The molecular formula is C16H33N3O2S. The Kier molecular flexibility index (Phi) is 9.02. The molecule has 0 amide bonds. The SMILES string of the molecule is CCNC(=NCCCOCC1CC1)NCCS(=O)C(C)(C)C. The number of guanidine groups is 1. The van der Waals surface area contributed by atoms with E-state index in [0.717, 1.165) is 44.6 Å². The second kappa shape index (κ2) is 10.2. The van der Waals surface area contributed by atoms with Crippen molar-refractivity contribution in [3.8, 4) is 0 Å². The fraction of sp³-hybridized carbons (Fsp3) is 0.938. The molecule has 0 spiro atoms. The smallest absolute Gasteiger partial charge is 0.191 e. The molecule has 0 bridgehead atoms. The third-order valence-corrected chi connectivity index (χ3v) is 5.32. The minimum Gasteiger partial charge on any atom is -0.381 e. The van der Waals surface area contributed by atoms with Crippen LogP contribution < -0.4 is 10.6 Å². The lowest BCUT2D eigenvalue weighted by Crippen LogP contribution is -2.40. The van der Waals surface area contributed by atoms with Crippen LogP contribution in [0.3, 0.4) is 0 Å². The van der Waals surface area contributed by atoms with Crippen molar-refractivity contribution in [2.45, 2.75) is 51.7 Å². The maximum Gasteiger partial charge on any atom is 0.191 e. The molecule has 5 nitrogen and oxygen atoms in total. The highest BCUT2D eigenvalue weighted by atomic mass is 32.2. The summed E-state index contributed by atoms with van der Waals surface area (Å²) in [4.78, 5) is 4.52. The van der Waals surface area contributed by atoms with Crippen molar-refractivity contribution < 1.29 is 8.95 Å². The molecule has 1 atom stereocenters. The monoisotopic (exact) mass is 331 g/mol. The molecule has 0 radical (unpaired) electrons. The van der Waals surface area contributed by atoms with Crippen molar-refractivity contribution in [2.75, 3.05) is 38.6 Å². The third-order valence-electron chi connectivity index (χ3n) is 3.37. The van der Waals surface area contributed by atoms with Crippen molar-refractivity contribution in [2.24, 2.45) is 10.9 Å². The molecule has 0 saturated heterocycles. The zero-order valence-corrected chi connectivity index (χ0v) is 15.4. The van der Waals surface area contributed by atoms with Crippen molar-refractivity contribution in [3.05, 3.63) is 0 Å². The Morgan fingerprint density at radius 2 is 2.05 bits per heavy atom. The topological polar surface area (TPSA) is 62.7 Å². The average Bonchev–Trinajstić information content (AvgIpc) is 3.25. The highest BCUT2D eigenvalue weighted by molar-refractivity contribution is 7.86. The molecule has 1 saturated carbocycles. The lowest BCUT2D eigenvalue weighted by molar-refractivity contribution is 0.123. The molecule has 0 aliphatic heterocycles. The Balaban J connectivity index is 2.15. The summed E-state index contributed by atoms with van der Waals surface area (Å²) in [5, 5.41) is 6.46. The standard InChI is InChI=1S/C16H33N3O2S/c1-5-17-15(19-10-12-22(20)16(2,3)4)18-9-6-11-21-13-14-7-8-14/h14H,5-13H2,1-4H3,(H2,17,18,19). The second-order valence-electron chi connectivity index (χ2n) is 6.72. The van der Waals surface area contributed by atoms with Crippen LogP contribution >= 0.6 is 0 Å².